The molecule has 2 rings (SSSR count). The minimum Gasteiger partial charge on any atom is -0.497 e. The maximum Gasteiger partial charge on any atom is 0.222 e. The molecule has 0 bridgehead atoms. The molecule has 0 radical (unpaired) electrons. The predicted octanol–water partition coefficient (Wildman–Crippen LogP) is 1.84. The van der Waals surface area contributed by atoms with Gasteiger partial charge in [0, 0.05) is 25.6 Å². The molecule has 1 atom stereocenters. The van der Waals surface area contributed by atoms with E-state index in [2.05, 4.69) is 5.32 Å². The third-order valence-corrected chi connectivity index (χ3v) is 3.97. The molecule has 0 saturated carbocycles. The third-order valence-electron chi connectivity index (χ3n) is 3.97. The van der Waals surface area contributed by atoms with Crippen LogP contribution >= 0.6 is 0 Å². The molecule has 1 heterocycles. The molecule has 1 N–H and O–H groups in total. The van der Waals surface area contributed by atoms with Crippen LogP contribution < -0.4 is 10.1 Å². The van der Waals surface area contributed by atoms with Gasteiger partial charge in [-0.05, 0) is 44.0 Å². The van der Waals surface area contributed by atoms with Gasteiger partial charge in [-0.1, -0.05) is 12.1 Å². The van der Waals surface area contributed by atoms with Crippen molar-refractivity contribution in [3.63, 3.8) is 0 Å². The number of hydrogen-bond acceptors (Lipinski definition) is 3. The fraction of sp³-hybridized carbons (Fsp3) is 0.562. The normalized spacial score (nSPS) is 18.9. The first kappa shape index (κ1) is 14.9. The maximum absolute atomic E-state index is 12.2. The van der Waals surface area contributed by atoms with Crippen molar-refractivity contribution in [1.29, 1.82) is 0 Å². The Labute approximate surface area is 121 Å². The van der Waals surface area contributed by atoms with E-state index < -0.39 is 0 Å². The second kappa shape index (κ2) is 7.29. The average molecular weight is 276 g/mol. The first-order valence-corrected chi connectivity index (χ1v) is 7.31. The molecular weight excluding hydrogens is 252 g/mol. The topological polar surface area (TPSA) is 41.6 Å². The van der Waals surface area contributed by atoms with E-state index in [0.29, 0.717) is 12.5 Å². The Hall–Kier alpha value is -1.55. The predicted molar refractivity (Wildman–Crippen MR) is 80.0 cm³/mol. The van der Waals surface area contributed by atoms with Crippen LogP contribution in [0.1, 0.15) is 24.8 Å². The number of likely N-dealkylation sites (tertiary alicyclic amines) is 1. The highest BCUT2D eigenvalue weighted by Gasteiger charge is 2.21. The Morgan fingerprint density at radius 2 is 2.15 bits per heavy atom. The molecule has 0 spiro atoms. The second-order valence-corrected chi connectivity index (χ2v) is 5.32. The fourth-order valence-corrected chi connectivity index (χ4v) is 2.64. The number of hydrogen-bond donors (Lipinski definition) is 1. The smallest absolute Gasteiger partial charge is 0.222 e. The number of piperidine rings is 1. The molecule has 1 saturated heterocycles. The molecule has 20 heavy (non-hydrogen) atoms. The van der Waals surface area contributed by atoms with Gasteiger partial charge in [0.1, 0.15) is 5.75 Å². The van der Waals surface area contributed by atoms with E-state index in [9.17, 15) is 4.79 Å². The number of likely N-dealkylation sites (N-methyl/N-ethyl adjacent to an activating group) is 1. The lowest BCUT2D eigenvalue weighted by atomic mass is 10.0. The molecule has 1 amide bonds. The summed E-state index contributed by atoms with van der Waals surface area (Å²) >= 11 is 0. The van der Waals surface area contributed by atoms with Crippen LogP contribution in [0, 0.1) is 0 Å². The number of nitrogens with zero attached hydrogens (tertiary/aromatic N) is 1. The van der Waals surface area contributed by atoms with E-state index in [1.807, 2.05) is 36.2 Å². The number of methoxy groups -OCH3 is 1. The van der Waals surface area contributed by atoms with Gasteiger partial charge in [-0.3, -0.25) is 4.79 Å². The zero-order chi connectivity index (χ0) is 14.4. The zero-order valence-corrected chi connectivity index (χ0v) is 12.4. The summed E-state index contributed by atoms with van der Waals surface area (Å²) in [6, 6.07) is 8.39. The van der Waals surface area contributed by atoms with Crippen LogP contribution in [-0.2, 0) is 11.2 Å². The summed E-state index contributed by atoms with van der Waals surface area (Å²) < 4.78 is 5.13. The molecule has 0 aromatic heterocycles. The molecule has 4 heteroatoms. The van der Waals surface area contributed by atoms with E-state index in [0.717, 1.165) is 31.7 Å². The summed E-state index contributed by atoms with van der Waals surface area (Å²) in [5.74, 6) is 1.12. The molecule has 1 aliphatic heterocycles. The number of rotatable bonds is 5. The summed E-state index contributed by atoms with van der Waals surface area (Å²) in [6.07, 6.45) is 3.64. The van der Waals surface area contributed by atoms with Crippen molar-refractivity contribution in [2.75, 3.05) is 27.2 Å². The van der Waals surface area contributed by atoms with Gasteiger partial charge in [-0.15, -0.1) is 0 Å². The van der Waals surface area contributed by atoms with Crippen LogP contribution in [0.4, 0.5) is 0 Å². The Morgan fingerprint density at radius 3 is 2.80 bits per heavy atom. The number of carbonyl (C=O) groups is 1. The van der Waals surface area contributed by atoms with E-state index >= 15 is 0 Å². The zero-order valence-electron chi connectivity index (χ0n) is 12.4. The van der Waals surface area contributed by atoms with Gasteiger partial charge < -0.3 is 15.0 Å². The van der Waals surface area contributed by atoms with Gasteiger partial charge in [0.05, 0.1) is 7.11 Å². The molecular formula is C16H24N2O2. The number of ether oxygens (including phenoxy) is 1. The van der Waals surface area contributed by atoms with Gasteiger partial charge in [0.2, 0.25) is 5.91 Å². The van der Waals surface area contributed by atoms with E-state index in [1.54, 1.807) is 7.11 Å². The van der Waals surface area contributed by atoms with Crippen molar-refractivity contribution in [2.24, 2.45) is 0 Å². The SMILES string of the molecule is CNC1CCCN(C(=O)CCc2ccc(OC)cc2)C1. The van der Waals surface area contributed by atoms with Gasteiger partial charge in [0.25, 0.3) is 0 Å². The Kier molecular flexibility index (Phi) is 5.41. The summed E-state index contributed by atoms with van der Waals surface area (Å²) in [5.41, 5.74) is 1.18. The van der Waals surface area contributed by atoms with E-state index in [4.69, 9.17) is 4.74 Å². The maximum atomic E-state index is 12.2. The summed E-state index contributed by atoms with van der Waals surface area (Å²) in [4.78, 5) is 14.2. The lowest BCUT2D eigenvalue weighted by Gasteiger charge is -2.32. The van der Waals surface area contributed by atoms with Crippen molar-refractivity contribution in [1.82, 2.24) is 10.2 Å². The van der Waals surface area contributed by atoms with Crippen molar-refractivity contribution in [3.05, 3.63) is 29.8 Å². The van der Waals surface area contributed by atoms with Crippen LogP contribution in [-0.4, -0.2) is 44.1 Å². The standard InChI is InChI=1S/C16H24N2O2/c1-17-14-4-3-11-18(12-14)16(19)10-7-13-5-8-15(20-2)9-6-13/h5-6,8-9,14,17H,3-4,7,10-12H2,1-2H3. The van der Waals surface area contributed by atoms with Crippen molar-refractivity contribution >= 4 is 5.91 Å². The van der Waals surface area contributed by atoms with Crippen LogP contribution in [0.15, 0.2) is 24.3 Å². The van der Waals surface area contributed by atoms with Crippen molar-refractivity contribution in [3.8, 4) is 5.75 Å². The molecule has 1 aromatic rings. The monoisotopic (exact) mass is 276 g/mol. The van der Waals surface area contributed by atoms with Gasteiger partial charge in [-0.2, -0.15) is 0 Å². The summed E-state index contributed by atoms with van der Waals surface area (Å²) in [5, 5.41) is 3.27. The molecule has 4 nitrogen and oxygen atoms in total. The number of benzene rings is 1. The van der Waals surface area contributed by atoms with Crippen LogP contribution in [0.3, 0.4) is 0 Å². The van der Waals surface area contributed by atoms with Crippen LogP contribution in [0.25, 0.3) is 0 Å². The number of aryl methyl sites for hydroxylation is 1. The number of nitrogens with one attached hydrogen (secondary N) is 1. The highest BCUT2D eigenvalue weighted by atomic mass is 16.5. The van der Waals surface area contributed by atoms with Gasteiger partial charge >= 0.3 is 0 Å². The minimum atomic E-state index is 0.265. The molecule has 1 aliphatic rings. The van der Waals surface area contributed by atoms with E-state index in [-0.39, 0.29) is 5.91 Å². The highest BCUT2D eigenvalue weighted by molar-refractivity contribution is 5.76. The first-order valence-electron chi connectivity index (χ1n) is 7.31. The molecule has 1 fully saturated rings. The summed E-state index contributed by atoms with van der Waals surface area (Å²) in [6.45, 7) is 1.75. The first-order chi connectivity index (χ1) is 9.72. The molecule has 110 valence electrons. The Balaban J connectivity index is 1.81. The molecule has 1 unspecified atom stereocenters. The van der Waals surface area contributed by atoms with Gasteiger partial charge in [-0.25, -0.2) is 0 Å². The van der Waals surface area contributed by atoms with Crippen LogP contribution in [0.2, 0.25) is 0 Å². The quantitative estimate of drug-likeness (QED) is 0.892. The molecule has 1 aromatic carbocycles. The second-order valence-electron chi connectivity index (χ2n) is 5.32. The fourth-order valence-electron chi connectivity index (χ4n) is 2.64. The summed E-state index contributed by atoms with van der Waals surface area (Å²) in [7, 11) is 3.63. The van der Waals surface area contributed by atoms with Crippen molar-refractivity contribution < 1.29 is 9.53 Å². The lowest BCUT2D eigenvalue weighted by molar-refractivity contribution is -0.132. The van der Waals surface area contributed by atoms with Crippen molar-refractivity contribution in [2.45, 2.75) is 31.7 Å². The minimum absolute atomic E-state index is 0.265. The lowest BCUT2D eigenvalue weighted by Crippen LogP contribution is -2.47. The number of carbonyl (C=O) groups excluding carboxylic acids is 1. The largest absolute Gasteiger partial charge is 0.497 e. The third kappa shape index (κ3) is 3.97. The average Bonchev–Trinajstić information content (AvgIpc) is 2.53. The van der Waals surface area contributed by atoms with E-state index in [1.165, 1.54) is 12.0 Å². The molecule has 0 aliphatic carbocycles. The van der Waals surface area contributed by atoms with Gasteiger partial charge in [0.15, 0.2) is 0 Å². The Morgan fingerprint density at radius 1 is 1.40 bits per heavy atom. The number of amides is 1. The highest BCUT2D eigenvalue weighted by Crippen LogP contribution is 2.15. The Bertz CT molecular complexity index is 431. The van der Waals surface area contributed by atoms with Crippen LogP contribution in [0.5, 0.6) is 5.75 Å².